The largest absolute Gasteiger partial charge is 0.482 e. The Morgan fingerprint density at radius 2 is 1.32 bits per heavy atom. The molecule has 31 heavy (non-hydrogen) atoms. The van der Waals surface area contributed by atoms with E-state index in [-0.39, 0.29) is 6.61 Å². The fraction of sp³-hybridized carbons (Fsp3) is 0.0417. The van der Waals surface area contributed by atoms with Crippen molar-refractivity contribution in [1.29, 1.82) is 0 Å². The van der Waals surface area contributed by atoms with Crippen LogP contribution in [0.4, 0.5) is 0 Å². The zero-order valence-electron chi connectivity index (χ0n) is 16.4. The molecule has 3 aromatic carbocycles. The van der Waals surface area contributed by atoms with E-state index < -0.39 is 11.9 Å². The fourth-order valence-electron chi connectivity index (χ4n) is 2.62. The minimum Gasteiger partial charge on any atom is -0.482 e. The Balaban J connectivity index is 1.59. The summed E-state index contributed by atoms with van der Waals surface area (Å²) in [5, 5.41) is 0. The van der Waals surface area contributed by atoms with Gasteiger partial charge in [-0.15, -0.1) is 0 Å². The number of esters is 2. The third kappa shape index (κ3) is 6.04. The summed E-state index contributed by atoms with van der Waals surface area (Å²) in [7, 11) is 0. The van der Waals surface area contributed by atoms with Gasteiger partial charge in [-0.05, 0) is 59.7 Å². The summed E-state index contributed by atoms with van der Waals surface area (Å²) in [5.41, 5.74) is 2.16. The van der Waals surface area contributed by atoms with Crippen LogP contribution >= 0.6 is 0 Å². The van der Waals surface area contributed by atoms with E-state index in [0.29, 0.717) is 29.3 Å². The first kappa shape index (κ1) is 21.3. The number of carbonyl (C=O) groups is 3. The maximum atomic E-state index is 12.2. The van der Waals surface area contributed by atoms with E-state index in [2.05, 4.69) is 11.3 Å². The molecule has 0 atom stereocenters. The molecule has 0 aromatic heterocycles. The molecule has 3 rings (SSSR count). The Labute approximate surface area is 178 Å². The van der Waals surface area contributed by atoms with Crippen LogP contribution in [0.15, 0.2) is 85.6 Å². The summed E-state index contributed by atoms with van der Waals surface area (Å²) in [4.78, 5) is 33.8. The highest BCUT2D eigenvalue weighted by atomic mass is 16.6. The van der Waals surface area contributed by atoms with Gasteiger partial charge in [-0.25, -0.2) is 9.59 Å². The van der Waals surface area contributed by atoms with E-state index in [1.165, 1.54) is 24.3 Å². The van der Waals surface area contributed by atoms with Crippen LogP contribution < -0.4 is 14.2 Å². The summed E-state index contributed by atoms with van der Waals surface area (Å²) in [6.45, 7) is 3.41. The zero-order chi connectivity index (χ0) is 22.1. The van der Waals surface area contributed by atoms with Crippen LogP contribution in [0, 0.1) is 0 Å². The molecule has 0 saturated carbocycles. The van der Waals surface area contributed by atoms with Crippen molar-refractivity contribution in [1.82, 2.24) is 0 Å². The molecule has 0 heterocycles. The Bertz CT molecular complexity index is 1050. The molecule has 156 valence electrons. The predicted molar refractivity (Wildman–Crippen MR) is 112 cm³/mol. The van der Waals surface area contributed by atoms with Crippen LogP contribution in [0.5, 0.6) is 17.2 Å². The molecule has 0 amide bonds. The molecular formula is C24H18O7. The van der Waals surface area contributed by atoms with E-state index >= 15 is 0 Å². The minimum atomic E-state index is -0.533. The highest BCUT2D eigenvalue weighted by Gasteiger charge is 2.09. The van der Waals surface area contributed by atoms with Gasteiger partial charge in [0.25, 0.3) is 6.47 Å². The quantitative estimate of drug-likeness (QED) is 0.223. The molecule has 0 N–H and O–H groups in total. The average molecular weight is 418 g/mol. The van der Waals surface area contributed by atoms with Crippen molar-refractivity contribution in [3.63, 3.8) is 0 Å². The average Bonchev–Trinajstić information content (AvgIpc) is 2.79. The molecular weight excluding hydrogens is 400 g/mol. The second-order valence-electron chi connectivity index (χ2n) is 6.12. The number of benzene rings is 3. The van der Waals surface area contributed by atoms with Gasteiger partial charge in [0, 0.05) is 0 Å². The van der Waals surface area contributed by atoms with Crippen molar-refractivity contribution in [2.75, 3.05) is 6.61 Å². The van der Waals surface area contributed by atoms with Crippen molar-refractivity contribution in [3.8, 4) is 28.4 Å². The van der Waals surface area contributed by atoms with Crippen LogP contribution in [0.1, 0.15) is 10.4 Å². The summed E-state index contributed by atoms with van der Waals surface area (Å²) in [5.74, 6) is 0.197. The van der Waals surface area contributed by atoms with Crippen LogP contribution in [0.2, 0.25) is 0 Å². The number of hydrogen-bond donors (Lipinski definition) is 0. The van der Waals surface area contributed by atoms with Gasteiger partial charge in [0.15, 0.2) is 6.61 Å². The van der Waals surface area contributed by atoms with E-state index in [4.69, 9.17) is 14.2 Å². The van der Waals surface area contributed by atoms with Crippen molar-refractivity contribution in [2.24, 2.45) is 0 Å². The number of rotatable bonds is 9. The molecule has 7 heteroatoms. The lowest BCUT2D eigenvalue weighted by Crippen LogP contribution is -2.11. The second kappa shape index (κ2) is 10.4. The summed E-state index contributed by atoms with van der Waals surface area (Å²) in [6.07, 6.45) is 1.05. The number of carbonyl (C=O) groups excluding carboxylic acids is 3. The van der Waals surface area contributed by atoms with Gasteiger partial charge in [-0.2, -0.15) is 0 Å². The van der Waals surface area contributed by atoms with Gasteiger partial charge in [-0.1, -0.05) is 30.8 Å². The molecule has 0 radical (unpaired) electrons. The van der Waals surface area contributed by atoms with E-state index in [1.807, 2.05) is 24.3 Å². The SMILES string of the molecule is C=COC(=O)COc1ccc(-c2ccc(OC(=O)c3ccc(OC=O)cc3)cc2)cc1. The Kier molecular flexibility index (Phi) is 7.16. The molecule has 0 aliphatic carbocycles. The van der Waals surface area contributed by atoms with Gasteiger partial charge < -0.3 is 18.9 Å². The minimum absolute atomic E-state index is 0.210. The molecule has 0 spiro atoms. The third-order valence-electron chi connectivity index (χ3n) is 4.10. The Hall–Kier alpha value is -4.39. The van der Waals surface area contributed by atoms with E-state index in [9.17, 15) is 14.4 Å². The summed E-state index contributed by atoms with van der Waals surface area (Å²) in [6, 6.07) is 20.2. The lowest BCUT2D eigenvalue weighted by atomic mass is 10.1. The van der Waals surface area contributed by atoms with Crippen molar-refractivity contribution >= 4 is 18.4 Å². The summed E-state index contributed by atoms with van der Waals surface area (Å²) >= 11 is 0. The molecule has 7 nitrogen and oxygen atoms in total. The first-order valence-corrected chi connectivity index (χ1v) is 9.15. The Morgan fingerprint density at radius 3 is 1.87 bits per heavy atom. The lowest BCUT2D eigenvalue weighted by molar-refractivity contribution is -0.140. The Morgan fingerprint density at radius 1 is 0.774 bits per heavy atom. The maximum Gasteiger partial charge on any atom is 0.348 e. The zero-order valence-corrected chi connectivity index (χ0v) is 16.4. The standard InChI is InChI=1S/C24H18O7/c1-2-28-23(26)15-29-20-9-3-17(4-10-20)18-5-13-22(14-6-18)31-24(27)19-7-11-21(12-8-19)30-16-25/h2-14,16H,1,15H2. The maximum absolute atomic E-state index is 12.2. The smallest absolute Gasteiger partial charge is 0.348 e. The molecule has 0 aliphatic rings. The van der Waals surface area contributed by atoms with Crippen LogP contribution in [-0.4, -0.2) is 25.0 Å². The molecule has 0 saturated heterocycles. The highest BCUT2D eigenvalue weighted by molar-refractivity contribution is 5.91. The van der Waals surface area contributed by atoms with Gasteiger partial charge in [0.05, 0.1) is 11.8 Å². The first-order valence-electron chi connectivity index (χ1n) is 9.15. The molecule has 3 aromatic rings. The topological polar surface area (TPSA) is 88.1 Å². The first-order chi connectivity index (χ1) is 15.1. The van der Waals surface area contributed by atoms with Crippen molar-refractivity contribution in [3.05, 3.63) is 91.2 Å². The fourth-order valence-corrected chi connectivity index (χ4v) is 2.62. The summed E-state index contributed by atoms with van der Waals surface area (Å²) < 4.78 is 20.0. The van der Waals surface area contributed by atoms with Crippen LogP contribution in [0.3, 0.4) is 0 Å². The predicted octanol–water partition coefficient (Wildman–Crippen LogP) is 4.17. The molecule has 0 bridgehead atoms. The monoisotopic (exact) mass is 418 g/mol. The van der Waals surface area contributed by atoms with Gasteiger partial charge in [-0.3, -0.25) is 4.79 Å². The van der Waals surface area contributed by atoms with E-state index in [1.54, 1.807) is 24.3 Å². The van der Waals surface area contributed by atoms with Crippen LogP contribution in [-0.2, 0) is 14.3 Å². The van der Waals surface area contributed by atoms with E-state index in [0.717, 1.165) is 17.4 Å². The molecule has 0 aliphatic heterocycles. The lowest BCUT2D eigenvalue weighted by Gasteiger charge is -2.08. The van der Waals surface area contributed by atoms with Gasteiger partial charge in [0.2, 0.25) is 0 Å². The number of hydrogen-bond acceptors (Lipinski definition) is 7. The van der Waals surface area contributed by atoms with Crippen molar-refractivity contribution < 1.29 is 33.3 Å². The highest BCUT2D eigenvalue weighted by Crippen LogP contribution is 2.25. The third-order valence-corrected chi connectivity index (χ3v) is 4.10. The van der Waals surface area contributed by atoms with Crippen LogP contribution in [0.25, 0.3) is 11.1 Å². The molecule has 0 unspecified atom stereocenters. The normalized spacial score (nSPS) is 9.94. The molecule has 0 fully saturated rings. The van der Waals surface area contributed by atoms with Gasteiger partial charge >= 0.3 is 11.9 Å². The van der Waals surface area contributed by atoms with Gasteiger partial charge in [0.1, 0.15) is 17.2 Å². The second-order valence-corrected chi connectivity index (χ2v) is 6.12. The van der Waals surface area contributed by atoms with Crippen molar-refractivity contribution in [2.45, 2.75) is 0 Å². The number of ether oxygens (including phenoxy) is 4.